The highest BCUT2D eigenvalue weighted by molar-refractivity contribution is 7.24. The SMILES string of the molecule is COc1ccc(N(c2ccc(OC)cc2)c2ccc(-c3cc(-c4ccc(/C=C(/C#N)C(=O)O)s4)sc3-c3ccc(N(c4ccc(OC)cc4)c4ccc(OC)cc4)cc3)cc2)cc1. The molecule has 2 aromatic heterocycles. The molecule has 0 saturated heterocycles. The molecular formula is C52H41N3O6S2. The lowest BCUT2D eigenvalue weighted by Crippen LogP contribution is -2.09. The fraction of sp³-hybridized carbons (Fsp3) is 0.0769. The predicted octanol–water partition coefficient (Wildman–Crippen LogP) is 13.8. The van der Waals surface area contributed by atoms with Crippen LogP contribution >= 0.6 is 22.7 Å². The van der Waals surface area contributed by atoms with Gasteiger partial charge in [0.1, 0.15) is 34.6 Å². The first kappa shape index (κ1) is 41.9. The van der Waals surface area contributed by atoms with E-state index in [1.165, 1.54) is 17.4 Å². The third kappa shape index (κ3) is 9.14. The molecule has 0 bridgehead atoms. The van der Waals surface area contributed by atoms with Crippen LogP contribution < -0.4 is 28.7 Å². The van der Waals surface area contributed by atoms with Crippen LogP contribution in [0, 0.1) is 11.3 Å². The van der Waals surface area contributed by atoms with E-state index < -0.39 is 5.97 Å². The molecule has 312 valence electrons. The summed E-state index contributed by atoms with van der Waals surface area (Å²) in [5.41, 5.74) is 8.60. The Labute approximate surface area is 374 Å². The first-order chi connectivity index (χ1) is 30.8. The number of thiophene rings is 2. The summed E-state index contributed by atoms with van der Waals surface area (Å²) in [4.78, 5) is 19.7. The molecule has 11 heteroatoms. The molecule has 0 aliphatic carbocycles. The molecule has 0 aliphatic heterocycles. The minimum Gasteiger partial charge on any atom is -0.497 e. The lowest BCUT2D eigenvalue weighted by Gasteiger charge is -2.26. The van der Waals surface area contributed by atoms with Gasteiger partial charge in [-0.3, -0.25) is 0 Å². The molecule has 8 rings (SSSR count). The Morgan fingerprint density at radius 1 is 0.508 bits per heavy atom. The summed E-state index contributed by atoms with van der Waals surface area (Å²) in [6.45, 7) is 0. The van der Waals surface area contributed by atoms with Crippen molar-refractivity contribution in [1.82, 2.24) is 0 Å². The number of carbonyl (C=O) groups is 1. The smallest absolute Gasteiger partial charge is 0.346 e. The number of rotatable bonds is 15. The van der Waals surface area contributed by atoms with Crippen molar-refractivity contribution in [2.24, 2.45) is 0 Å². The molecular weight excluding hydrogens is 827 g/mol. The molecule has 8 aromatic rings. The second-order valence-electron chi connectivity index (χ2n) is 14.1. The maximum atomic E-state index is 11.6. The largest absolute Gasteiger partial charge is 0.497 e. The standard InChI is InChI=1S/C52H41N3O6S2/c1-58-43-21-13-39(14-22-43)54(40-15-23-44(59-2)24-16-40)37-9-5-34(6-10-37)48-32-50(49-30-29-47(62-49)31-36(33-53)52(56)57)63-51(48)35-7-11-38(12-8-35)55(41-17-25-45(60-3)26-18-41)42-19-27-46(61-4)28-20-42/h5-32H,1-4H3,(H,56,57)/b36-31-. The first-order valence-electron chi connectivity index (χ1n) is 19.8. The van der Waals surface area contributed by atoms with Crippen molar-refractivity contribution in [3.05, 3.63) is 174 Å². The van der Waals surface area contributed by atoms with Crippen LogP contribution in [0.4, 0.5) is 34.1 Å². The third-order valence-corrected chi connectivity index (χ3v) is 12.8. The highest BCUT2D eigenvalue weighted by Gasteiger charge is 2.20. The highest BCUT2D eigenvalue weighted by Crippen LogP contribution is 2.47. The fourth-order valence-electron chi connectivity index (χ4n) is 7.16. The minimum atomic E-state index is -1.25. The normalized spacial score (nSPS) is 11.1. The van der Waals surface area contributed by atoms with Crippen LogP contribution in [0.25, 0.3) is 37.4 Å². The maximum absolute atomic E-state index is 11.6. The second kappa shape index (κ2) is 18.9. The van der Waals surface area contributed by atoms with Crippen LogP contribution in [0.5, 0.6) is 23.0 Å². The maximum Gasteiger partial charge on any atom is 0.346 e. The van der Waals surface area contributed by atoms with Crippen molar-refractivity contribution in [2.75, 3.05) is 38.2 Å². The molecule has 0 spiro atoms. The van der Waals surface area contributed by atoms with E-state index in [2.05, 4.69) is 64.4 Å². The number of anilines is 6. The van der Waals surface area contributed by atoms with Crippen LogP contribution in [-0.4, -0.2) is 39.5 Å². The fourth-order valence-corrected chi connectivity index (χ4v) is 9.38. The summed E-state index contributed by atoms with van der Waals surface area (Å²) < 4.78 is 21.8. The van der Waals surface area contributed by atoms with E-state index in [-0.39, 0.29) is 5.57 Å². The molecule has 9 nitrogen and oxygen atoms in total. The van der Waals surface area contributed by atoms with E-state index in [1.807, 2.05) is 109 Å². The molecule has 6 aromatic carbocycles. The molecule has 0 atom stereocenters. The van der Waals surface area contributed by atoms with Crippen molar-refractivity contribution in [1.29, 1.82) is 5.26 Å². The molecule has 0 saturated carbocycles. The summed E-state index contributed by atoms with van der Waals surface area (Å²) in [6.07, 6.45) is 1.41. The van der Waals surface area contributed by atoms with Gasteiger partial charge in [0.15, 0.2) is 0 Å². The Kier molecular flexibility index (Phi) is 12.6. The number of hydrogen-bond donors (Lipinski definition) is 1. The lowest BCUT2D eigenvalue weighted by atomic mass is 10.0. The zero-order valence-electron chi connectivity index (χ0n) is 34.8. The van der Waals surface area contributed by atoms with Gasteiger partial charge in [0, 0.05) is 59.2 Å². The number of methoxy groups -OCH3 is 4. The van der Waals surface area contributed by atoms with Gasteiger partial charge in [0.25, 0.3) is 0 Å². The van der Waals surface area contributed by atoms with Gasteiger partial charge in [0.2, 0.25) is 0 Å². The molecule has 63 heavy (non-hydrogen) atoms. The summed E-state index contributed by atoms with van der Waals surface area (Å²) in [5.74, 6) is 1.83. The van der Waals surface area contributed by atoms with Gasteiger partial charge in [-0.15, -0.1) is 22.7 Å². The summed E-state index contributed by atoms with van der Waals surface area (Å²) in [7, 11) is 6.63. The zero-order chi connectivity index (χ0) is 43.9. The topological polar surface area (TPSA) is 104 Å². The predicted molar refractivity (Wildman–Crippen MR) is 255 cm³/mol. The van der Waals surface area contributed by atoms with Crippen LogP contribution in [0.2, 0.25) is 0 Å². The number of nitriles is 1. The van der Waals surface area contributed by atoms with Crippen LogP contribution in [0.1, 0.15) is 4.88 Å². The molecule has 0 fully saturated rings. The molecule has 2 heterocycles. The zero-order valence-corrected chi connectivity index (χ0v) is 36.4. The van der Waals surface area contributed by atoms with E-state index >= 15 is 0 Å². The van der Waals surface area contributed by atoms with Crippen LogP contribution in [0.3, 0.4) is 0 Å². The number of carboxylic acids is 1. The summed E-state index contributed by atoms with van der Waals surface area (Å²) in [6, 6.07) is 56.8. The van der Waals surface area contributed by atoms with Crippen molar-refractivity contribution in [3.8, 4) is 60.4 Å². The Bertz CT molecular complexity index is 2640. The second-order valence-corrected chi connectivity index (χ2v) is 16.3. The van der Waals surface area contributed by atoms with Gasteiger partial charge in [0.05, 0.1) is 28.4 Å². The van der Waals surface area contributed by atoms with Crippen molar-refractivity contribution >= 4 is 68.8 Å². The molecule has 0 amide bonds. The average molecular weight is 868 g/mol. The number of ether oxygens (including phenoxy) is 4. The van der Waals surface area contributed by atoms with Crippen molar-refractivity contribution < 1.29 is 28.8 Å². The molecule has 0 aliphatic rings. The van der Waals surface area contributed by atoms with Crippen LogP contribution in [0.15, 0.2) is 169 Å². The Morgan fingerprint density at radius 3 is 1.22 bits per heavy atom. The number of aliphatic carboxylic acids is 1. The average Bonchev–Trinajstić information content (AvgIpc) is 4.00. The first-order valence-corrected chi connectivity index (χ1v) is 21.4. The van der Waals surface area contributed by atoms with Crippen LogP contribution in [-0.2, 0) is 4.79 Å². The highest BCUT2D eigenvalue weighted by atomic mass is 32.1. The summed E-state index contributed by atoms with van der Waals surface area (Å²) >= 11 is 3.11. The minimum absolute atomic E-state index is 0.312. The van der Waals surface area contributed by atoms with Gasteiger partial charge in [-0.05, 0) is 157 Å². The quantitative estimate of drug-likeness (QED) is 0.0796. The Hall–Kier alpha value is -7.78. The monoisotopic (exact) mass is 867 g/mol. The number of carboxylic acid groups (broad SMARTS) is 1. The van der Waals surface area contributed by atoms with E-state index in [9.17, 15) is 15.2 Å². The molecule has 0 radical (unpaired) electrons. The van der Waals surface area contributed by atoms with E-state index in [1.54, 1.807) is 45.8 Å². The van der Waals surface area contributed by atoms with Gasteiger partial charge >= 0.3 is 5.97 Å². The lowest BCUT2D eigenvalue weighted by molar-refractivity contribution is -0.132. The van der Waals surface area contributed by atoms with Gasteiger partial charge in [-0.25, -0.2) is 4.79 Å². The Balaban J connectivity index is 1.21. The van der Waals surface area contributed by atoms with Gasteiger partial charge in [-0.1, -0.05) is 24.3 Å². The van der Waals surface area contributed by atoms with E-state index in [0.29, 0.717) is 4.88 Å². The van der Waals surface area contributed by atoms with Crippen molar-refractivity contribution in [3.63, 3.8) is 0 Å². The molecule has 1 N–H and O–H groups in total. The van der Waals surface area contributed by atoms with Crippen molar-refractivity contribution in [2.45, 2.75) is 0 Å². The van der Waals surface area contributed by atoms with E-state index in [0.717, 1.165) is 88.4 Å². The number of hydrogen-bond acceptors (Lipinski definition) is 10. The van der Waals surface area contributed by atoms with Gasteiger partial charge in [-0.2, -0.15) is 5.26 Å². The molecule has 0 unspecified atom stereocenters. The summed E-state index contributed by atoms with van der Waals surface area (Å²) in [5, 5.41) is 18.9. The third-order valence-electron chi connectivity index (χ3n) is 10.4. The van der Waals surface area contributed by atoms with Gasteiger partial charge < -0.3 is 33.9 Å². The Morgan fingerprint density at radius 2 is 0.873 bits per heavy atom. The number of nitrogens with zero attached hydrogens (tertiary/aromatic N) is 3. The van der Waals surface area contributed by atoms with E-state index in [4.69, 9.17) is 18.9 Å². The number of benzene rings is 6.